The molecule has 3 heterocycles. The zero-order valence-corrected chi connectivity index (χ0v) is 16.6. The number of pyridine rings is 1. The maximum Gasteiger partial charge on any atom is 0.416 e. The van der Waals surface area contributed by atoms with Crippen LogP contribution in [0.15, 0.2) is 36.4 Å². The minimum absolute atomic E-state index is 0.0301. The van der Waals surface area contributed by atoms with Gasteiger partial charge in [-0.1, -0.05) is 12.1 Å². The Morgan fingerprint density at radius 2 is 1.97 bits per heavy atom. The number of aliphatic hydroxyl groups is 1. The standard InChI is InChI=1S/C21H16F3N5O3/c1-20(32)9-29(10-20)19(31)18(30)28-16-6-3-11-7-15(26-17(11)27-16)13-8-12(25-2)4-5-14(13)21(22,23)24/h3-8,32H,9-10H2,1H3,(H2,26,27,28,30). The fourth-order valence-corrected chi connectivity index (χ4v) is 3.53. The van der Waals surface area contributed by atoms with E-state index in [0.29, 0.717) is 5.39 Å². The van der Waals surface area contributed by atoms with Crippen molar-refractivity contribution in [3.05, 3.63) is 53.4 Å². The lowest BCUT2D eigenvalue weighted by Crippen LogP contribution is -2.63. The average Bonchev–Trinajstić information content (AvgIpc) is 3.13. The van der Waals surface area contributed by atoms with Gasteiger partial charge in [0.15, 0.2) is 5.69 Å². The van der Waals surface area contributed by atoms with Crippen LogP contribution in [0.25, 0.3) is 27.1 Å². The number of carbonyl (C=O) groups excluding carboxylic acids is 2. The first-order valence-electron chi connectivity index (χ1n) is 9.38. The van der Waals surface area contributed by atoms with Crippen molar-refractivity contribution < 1.29 is 27.9 Å². The van der Waals surface area contributed by atoms with Gasteiger partial charge in [0.05, 0.1) is 30.8 Å². The molecule has 11 heteroatoms. The monoisotopic (exact) mass is 443 g/mol. The number of alkyl halides is 3. The summed E-state index contributed by atoms with van der Waals surface area (Å²) < 4.78 is 40.3. The second kappa shape index (κ2) is 7.35. The number of aromatic amines is 1. The van der Waals surface area contributed by atoms with Crippen LogP contribution in [0.1, 0.15) is 12.5 Å². The van der Waals surface area contributed by atoms with E-state index in [2.05, 4.69) is 20.1 Å². The predicted octanol–water partition coefficient (Wildman–Crippen LogP) is 3.33. The number of hydrogen-bond donors (Lipinski definition) is 3. The highest BCUT2D eigenvalue weighted by atomic mass is 19.4. The number of nitrogens with one attached hydrogen (secondary N) is 2. The van der Waals surface area contributed by atoms with E-state index < -0.39 is 29.2 Å². The van der Waals surface area contributed by atoms with Crippen LogP contribution < -0.4 is 5.32 Å². The van der Waals surface area contributed by atoms with Gasteiger partial charge in [-0.3, -0.25) is 9.59 Å². The fourth-order valence-electron chi connectivity index (χ4n) is 3.53. The number of anilines is 1. The third kappa shape index (κ3) is 4.00. The molecule has 1 saturated heterocycles. The van der Waals surface area contributed by atoms with Gasteiger partial charge in [0.25, 0.3) is 0 Å². The minimum Gasteiger partial charge on any atom is -0.386 e. The molecule has 0 spiro atoms. The Morgan fingerprint density at radius 3 is 2.59 bits per heavy atom. The van der Waals surface area contributed by atoms with E-state index in [-0.39, 0.29) is 41.5 Å². The molecule has 1 aromatic carbocycles. The van der Waals surface area contributed by atoms with Gasteiger partial charge in [-0.15, -0.1) is 0 Å². The Kier molecular flexibility index (Phi) is 4.90. The second-order valence-corrected chi connectivity index (χ2v) is 7.77. The van der Waals surface area contributed by atoms with Gasteiger partial charge >= 0.3 is 18.0 Å². The molecule has 1 fully saturated rings. The first-order valence-corrected chi connectivity index (χ1v) is 9.38. The summed E-state index contributed by atoms with van der Waals surface area (Å²) in [5, 5.41) is 12.5. The number of nitrogens with zero attached hydrogens (tertiary/aromatic N) is 3. The number of carbonyl (C=O) groups is 2. The van der Waals surface area contributed by atoms with Gasteiger partial charge < -0.3 is 20.3 Å². The molecule has 0 bridgehead atoms. The average molecular weight is 443 g/mol. The van der Waals surface area contributed by atoms with Crippen molar-refractivity contribution in [1.29, 1.82) is 0 Å². The van der Waals surface area contributed by atoms with Crippen molar-refractivity contribution in [3.63, 3.8) is 0 Å². The SMILES string of the molecule is [C-]#[N+]c1ccc(C(F)(F)F)c(-c2cc3ccc(NC(=O)C(=O)N4CC(C)(O)C4)nc3[nH]2)c1. The molecule has 32 heavy (non-hydrogen) atoms. The minimum atomic E-state index is -4.62. The molecule has 0 radical (unpaired) electrons. The molecule has 4 rings (SSSR count). The summed E-state index contributed by atoms with van der Waals surface area (Å²) in [7, 11) is 0. The van der Waals surface area contributed by atoms with Crippen LogP contribution in [-0.2, 0) is 15.8 Å². The summed E-state index contributed by atoms with van der Waals surface area (Å²) in [4.78, 5) is 35.6. The molecule has 0 unspecified atom stereocenters. The van der Waals surface area contributed by atoms with Gasteiger partial charge in [0.2, 0.25) is 0 Å². The van der Waals surface area contributed by atoms with Crippen LogP contribution in [0.2, 0.25) is 0 Å². The van der Waals surface area contributed by atoms with E-state index in [9.17, 15) is 27.9 Å². The van der Waals surface area contributed by atoms with Crippen molar-refractivity contribution >= 4 is 34.4 Å². The van der Waals surface area contributed by atoms with Crippen molar-refractivity contribution in [2.75, 3.05) is 18.4 Å². The number of hydrogen-bond acceptors (Lipinski definition) is 4. The number of likely N-dealkylation sites (tertiary alicyclic amines) is 1. The fraction of sp³-hybridized carbons (Fsp3) is 0.238. The van der Waals surface area contributed by atoms with E-state index in [1.165, 1.54) is 23.1 Å². The largest absolute Gasteiger partial charge is 0.416 e. The molecule has 3 aromatic rings. The Bertz CT molecular complexity index is 1280. The van der Waals surface area contributed by atoms with Crippen LogP contribution in [0, 0.1) is 6.57 Å². The van der Waals surface area contributed by atoms with Gasteiger partial charge in [-0.2, -0.15) is 13.2 Å². The number of β-amino-alcohol motifs (C(OH)–C–C–N with tert-alkyl or cyclic N) is 1. The Balaban J connectivity index is 1.61. The van der Waals surface area contributed by atoms with Crippen molar-refractivity contribution in [3.8, 4) is 11.3 Å². The summed E-state index contributed by atoms with van der Waals surface area (Å²) in [5.41, 5.74) is -1.77. The van der Waals surface area contributed by atoms with Crippen LogP contribution in [0.4, 0.5) is 24.7 Å². The topological polar surface area (TPSA) is 103 Å². The Hall–Kier alpha value is -3.91. The molecule has 2 amide bonds. The maximum atomic E-state index is 13.4. The number of fused-ring (bicyclic) bond motifs is 1. The lowest BCUT2D eigenvalue weighted by molar-refractivity contribution is -0.158. The number of benzene rings is 1. The number of H-pyrrole nitrogens is 1. The molecule has 8 nitrogen and oxygen atoms in total. The molecule has 1 aliphatic heterocycles. The van der Waals surface area contributed by atoms with Gasteiger partial charge in [-0.05, 0) is 36.8 Å². The van der Waals surface area contributed by atoms with Crippen LogP contribution in [0.5, 0.6) is 0 Å². The lowest BCUT2D eigenvalue weighted by atomic mass is 9.97. The molecule has 1 aliphatic rings. The highest BCUT2D eigenvalue weighted by Gasteiger charge is 2.41. The summed E-state index contributed by atoms with van der Waals surface area (Å²) in [6, 6.07) is 7.50. The Morgan fingerprint density at radius 1 is 1.25 bits per heavy atom. The quantitative estimate of drug-likeness (QED) is 0.418. The van der Waals surface area contributed by atoms with E-state index in [1.807, 2.05) is 0 Å². The third-order valence-corrected chi connectivity index (χ3v) is 4.99. The zero-order valence-electron chi connectivity index (χ0n) is 16.6. The molecule has 0 aliphatic carbocycles. The zero-order chi connectivity index (χ0) is 23.3. The van der Waals surface area contributed by atoms with E-state index in [4.69, 9.17) is 6.57 Å². The first kappa shape index (κ1) is 21.3. The molecular weight excluding hydrogens is 427 g/mol. The predicted molar refractivity (Wildman–Crippen MR) is 109 cm³/mol. The smallest absolute Gasteiger partial charge is 0.386 e. The highest BCUT2D eigenvalue weighted by molar-refractivity contribution is 6.39. The number of halogens is 3. The molecule has 164 valence electrons. The maximum absolute atomic E-state index is 13.4. The van der Waals surface area contributed by atoms with E-state index in [1.54, 1.807) is 6.92 Å². The first-order chi connectivity index (χ1) is 15.0. The van der Waals surface area contributed by atoms with Crippen molar-refractivity contribution in [2.24, 2.45) is 0 Å². The van der Waals surface area contributed by atoms with E-state index >= 15 is 0 Å². The number of rotatable bonds is 2. The van der Waals surface area contributed by atoms with Crippen molar-refractivity contribution in [1.82, 2.24) is 14.9 Å². The molecule has 2 aromatic heterocycles. The normalized spacial score (nSPS) is 15.2. The lowest BCUT2D eigenvalue weighted by Gasteiger charge is -2.43. The number of amides is 2. The highest BCUT2D eigenvalue weighted by Crippen LogP contribution is 2.39. The van der Waals surface area contributed by atoms with Gasteiger partial charge in [0, 0.05) is 11.1 Å². The Labute approximate surface area is 179 Å². The molecule has 0 atom stereocenters. The molecular formula is C21H16F3N5O3. The third-order valence-electron chi connectivity index (χ3n) is 4.99. The van der Waals surface area contributed by atoms with Crippen LogP contribution >= 0.6 is 0 Å². The van der Waals surface area contributed by atoms with Crippen LogP contribution in [0.3, 0.4) is 0 Å². The van der Waals surface area contributed by atoms with E-state index in [0.717, 1.165) is 18.2 Å². The molecule has 3 N–H and O–H groups in total. The number of aromatic nitrogens is 2. The summed E-state index contributed by atoms with van der Waals surface area (Å²) in [6.45, 7) is 8.69. The summed E-state index contributed by atoms with van der Waals surface area (Å²) in [6.07, 6.45) is -4.62. The van der Waals surface area contributed by atoms with Crippen molar-refractivity contribution in [2.45, 2.75) is 18.7 Å². The van der Waals surface area contributed by atoms with Gasteiger partial charge in [-0.25, -0.2) is 9.83 Å². The van der Waals surface area contributed by atoms with Crippen LogP contribution in [-0.4, -0.2) is 50.5 Å². The second-order valence-electron chi connectivity index (χ2n) is 7.77. The van der Waals surface area contributed by atoms with Gasteiger partial charge in [0.1, 0.15) is 11.5 Å². The molecule has 0 saturated carbocycles. The summed E-state index contributed by atoms with van der Waals surface area (Å²) in [5.74, 6) is -1.73. The summed E-state index contributed by atoms with van der Waals surface area (Å²) >= 11 is 0.